The first-order valence-corrected chi connectivity index (χ1v) is 8.37. The highest BCUT2D eigenvalue weighted by Crippen LogP contribution is 2.36. The predicted molar refractivity (Wildman–Crippen MR) is 83.1 cm³/mol. The van der Waals surface area contributed by atoms with E-state index >= 15 is 0 Å². The Labute approximate surface area is 120 Å². The molecule has 0 aromatic carbocycles. The molecular formula is C17H34N2. The van der Waals surface area contributed by atoms with Crippen LogP contribution in [0.4, 0.5) is 0 Å². The van der Waals surface area contributed by atoms with Crippen LogP contribution in [0.3, 0.4) is 0 Å². The molecule has 0 aromatic heterocycles. The molecule has 2 N–H and O–H groups in total. The molecule has 2 rings (SSSR count). The fourth-order valence-electron chi connectivity index (χ4n) is 4.11. The zero-order chi connectivity index (χ0) is 14.0. The van der Waals surface area contributed by atoms with E-state index in [1.165, 1.54) is 51.6 Å². The summed E-state index contributed by atoms with van der Waals surface area (Å²) < 4.78 is 0. The van der Waals surface area contributed by atoms with Gasteiger partial charge < -0.3 is 5.73 Å². The number of nitrogens with two attached hydrogens (primary N) is 1. The Morgan fingerprint density at radius 1 is 1.00 bits per heavy atom. The quantitative estimate of drug-likeness (QED) is 0.785. The highest BCUT2D eigenvalue weighted by atomic mass is 15.2. The Morgan fingerprint density at radius 3 is 2.42 bits per heavy atom. The Bertz CT molecular complexity index is 281. The molecule has 1 aliphatic carbocycles. The van der Waals surface area contributed by atoms with Crippen molar-refractivity contribution in [1.29, 1.82) is 0 Å². The van der Waals surface area contributed by atoms with E-state index in [-0.39, 0.29) is 0 Å². The van der Waals surface area contributed by atoms with Gasteiger partial charge in [-0.3, -0.25) is 4.90 Å². The predicted octanol–water partition coefficient (Wildman–Crippen LogP) is 3.65. The van der Waals surface area contributed by atoms with Crippen LogP contribution in [0.15, 0.2) is 0 Å². The molecule has 112 valence electrons. The lowest BCUT2D eigenvalue weighted by Gasteiger charge is -2.40. The third kappa shape index (κ3) is 3.95. The second-order valence-electron chi connectivity index (χ2n) is 8.18. The molecule has 0 bridgehead atoms. The van der Waals surface area contributed by atoms with Gasteiger partial charge in [-0.1, -0.05) is 27.7 Å². The van der Waals surface area contributed by atoms with Gasteiger partial charge >= 0.3 is 0 Å². The van der Waals surface area contributed by atoms with Gasteiger partial charge in [-0.2, -0.15) is 0 Å². The molecule has 2 fully saturated rings. The van der Waals surface area contributed by atoms with E-state index in [1.807, 2.05) is 0 Å². The third-order valence-corrected chi connectivity index (χ3v) is 5.59. The summed E-state index contributed by atoms with van der Waals surface area (Å²) >= 11 is 0. The number of likely N-dealkylation sites (tertiary alicyclic amines) is 1. The van der Waals surface area contributed by atoms with Crippen LogP contribution < -0.4 is 5.73 Å². The molecule has 1 aliphatic heterocycles. The van der Waals surface area contributed by atoms with E-state index in [0.29, 0.717) is 17.5 Å². The summed E-state index contributed by atoms with van der Waals surface area (Å²) in [5.41, 5.74) is 6.87. The highest BCUT2D eigenvalue weighted by Gasteiger charge is 2.33. The largest absolute Gasteiger partial charge is 0.326 e. The van der Waals surface area contributed by atoms with Gasteiger partial charge in [0.05, 0.1) is 0 Å². The SMILES string of the molecule is CC1CCC(N)C(N2CCCC(C(C)(C)C)CC2)C1. The minimum Gasteiger partial charge on any atom is -0.326 e. The van der Waals surface area contributed by atoms with E-state index in [2.05, 4.69) is 32.6 Å². The molecule has 2 aliphatic rings. The summed E-state index contributed by atoms with van der Waals surface area (Å²) in [5, 5.41) is 0. The van der Waals surface area contributed by atoms with Crippen molar-refractivity contribution < 1.29 is 0 Å². The second kappa shape index (κ2) is 6.13. The smallest absolute Gasteiger partial charge is 0.0249 e. The van der Waals surface area contributed by atoms with Gasteiger partial charge in [0.15, 0.2) is 0 Å². The monoisotopic (exact) mass is 266 g/mol. The van der Waals surface area contributed by atoms with Crippen molar-refractivity contribution in [2.75, 3.05) is 13.1 Å². The Hall–Kier alpha value is -0.0800. The lowest BCUT2D eigenvalue weighted by Crippen LogP contribution is -2.51. The lowest BCUT2D eigenvalue weighted by atomic mass is 9.76. The summed E-state index contributed by atoms with van der Waals surface area (Å²) in [6.07, 6.45) is 8.00. The first-order chi connectivity index (χ1) is 8.88. The zero-order valence-electron chi connectivity index (χ0n) is 13.5. The van der Waals surface area contributed by atoms with Crippen molar-refractivity contribution in [1.82, 2.24) is 4.90 Å². The minimum atomic E-state index is 0.419. The van der Waals surface area contributed by atoms with Crippen molar-refractivity contribution in [3.05, 3.63) is 0 Å². The van der Waals surface area contributed by atoms with Gasteiger partial charge in [-0.25, -0.2) is 0 Å². The topological polar surface area (TPSA) is 29.3 Å². The van der Waals surface area contributed by atoms with E-state index in [1.54, 1.807) is 0 Å². The van der Waals surface area contributed by atoms with Crippen LogP contribution in [0.5, 0.6) is 0 Å². The van der Waals surface area contributed by atoms with Crippen LogP contribution >= 0.6 is 0 Å². The Kier molecular flexibility index (Phi) is 4.94. The van der Waals surface area contributed by atoms with Crippen LogP contribution in [0.1, 0.15) is 66.2 Å². The van der Waals surface area contributed by atoms with E-state index < -0.39 is 0 Å². The second-order valence-corrected chi connectivity index (χ2v) is 8.18. The number of hydrogen-bond donors (Lipinski definition) is 1. The van der Waals surface area contributed by atoms with Gasteiger partial charge in [-0.05, 0) is 68.9 Å². The third-order valence-electron chi connectivity index (χ3n) is 5.59. The first-order valence-electron chi connectivity index (χ1n) is 8.37. The van der Waals surface area contributed by atoms with Gasteiger partial charge in [-0.15, -0.1) is 0 Å². The summed E-state index contributed by atoms with van der Waals surface area (Å²) in [6, 6.07) is 1.07. The molecule has 1 saturated carbocycles. The van der Waals surface area contributed by atoms with E-state index in [4.69, 9.17) is 5.73 Å². The molecule has 0 spiro atoms. The number of hydrogen-bond acceptors (Lipinski definition) is 2. The average Bonchev–Trinajstić information content (AvgIpc) is 2.57. The van der Waals surface area contributed by atoms with Crippen LogP contribution in [-0.2, 0) is 0 Å². The van der Waals surface area contributed by atoms with Crippen molar-refractivity contribution in [2.45, 2.75) is 78.3 Å². The van der Waals surface area contributed by atoms with Crippen LogP contribution in [0.2, 0.25) is 0 Å². The fourth-order valence-corrected chi connectivity index (χ4v) is 4.11. The normalized spacial score (nSPS) is 39.0. The summed E-state index contributed by atoms with van der Waals surface area (Å²) in [7, 11) is 0. The summed E-state index contributed by atoms with van der Waals surface area (Å²) in [5.74, 6) is 1.75. The van der Waals surface area contributed by atoms with Gasteiger partial charge in [0.2, 0.25) is 0 Å². The summed E-state index contributed by atoms with van der Waals surface area (Å²) in [6.45, 7) is 12.2. The van der Waals surface area contributed by atoms with E-state index in [9.17, 15) is 0 Å². The standard InChI is InChI=1S/C17H34N2/c1-13-7-8-15(18)16(12-13)19-10-5-6-14(9-11-19)17(2,3)4/h13-16H,5-12,18H2,1-4H3. The first kappa shape index (κ1) is 15.3. The molecule has 4 atom stereocenters. The number of rotatable bonds is 1. The molecular weight excluding hydrogens is 232 g/mol. The molecule has 0 aromatic rings. The van der Waals surface area contributed by atoms with Crippen LogP contribution in [0.25, 0.3) is 0 Å². The fraction of sp³-hybridized carbons (Fsp3) is 1.00. The van der Waals surface area contributed by atoms with Crippen LogP contribution in [0, 0.1) is 17.3 Å². The van der Waals surface area contributed by atoms with Crippen molar-refractivity contribution in [2.24, 2.45) is 23.0 Å². The lowest BCUT2D eigenvalue weighted by molar-refractivity contribution is 0.115. The van der Waals surface area contributed by atoms with Crippen molar-refractivity contribution >= 4 is 0 Å². The van der Waals surface area contributed by atoms with Gasteiger partial charge in [0, 0.05) is 12.1 Å². The Balaban J connectivity index is 1.95. The van der Waals surface area contributed by atoms with Crippen molar-refractivity contribution in [3.8, 4) is 0 Å². The van der Waals surface area contributed by atoms with Crippen LogP contribution in [-0.4, -0.2) is 30.1 Å². The maximum Gasteiger partial charge on any atom is 0.0249 e. The summed E-state index contributed by atoms with van der Waals surface area (Å²) in [4.78, 5) is 2.73. The molecule has 0 amide bonds. The van der Waals surface area contributed by atoms with Crippen molar-refractivity contribution in [3.63, 3.8) is 0 Å². The molecule has 19 heavy (non-hydrogen) atoms. The average molecular weight is 266 g/mol. The highest BCUT2D eigenvalue weighted by molar-refractivity contribution is 4.90. The molecule has 1 saturated heterocycles. The maximum absolute atomic E-state index is 6.40. The van der Waals surface area contributed by atoms with Gasteiger partial charge in [0.1, 0.15) is 0 Å². The van der Waals surface area contributed by atoms with E-state index in [0.717, 1.165) is 11.8 Å². The molecule has 1 heterocycles. The molecule has 2 nitrogen and oxygen atoms in total. The molecule has 0 radical (unpaired) electrons. The number of nitrogens with zero attached hydrogens (tertiary/aromatic N) is 1. The maximum atomic E-state index is 6.40. The molecule has 2 heteroatoms. The minimum absolute atomic E-state index is 0.419. The zero-order valence-corrected chi connectivity index (χ0v) is 13.5. The van der Waals surface area contributed by atoms with Gasteiger partial charge in [0.25, 0.3) is 0 Å². The molecule has 4 unspecified atom stereocenters. The Morgan fingerprint density at radius 2 is 1.74 bits per heavy atom.